The van der Waals surface area contributed by atoms with Crippen LogP contribution in [0.5, 0.6) is 0 Å². The summed E-state index contributed by atoms with van der Waals surface area (Å²) in [4.78, 5) is 0. The highest BCUT2D eigenvalue weighted by molar-refractivity contribution is 6.36. The largest absolute Gasteiger partial charge is 0.307 e. The fourth-order valence-corrected chi connectivity index (χ4v) is 8.90. The molecular weight excluding hydrogens is 633 g/mol. The molecule has 0 aliphatic rings. The molecule has 0 atom stereocenters. The number of fused-ring (bicyclic) bond motifs is 13. The molecule has 0 aliphatic carbocycles. The zero-order valence-corrected chi connectivity index (χ0v) is 28.0. The Morgan fingerprint density at radius 2 is 0.942 bits per heavy atom. The normalized spacial score (nSPS) is 12.2. The Balaban J connectivity index is 1.21. The van der Waals surface area contributed by atoms with Crippen molar-refractivity contribution in [2.24, 2.45) is 0 Å². The molecule has 12 aromatic rings. The van der Waals surface area contributed by atoms with Gasteiger partial charge in [-0.15, -0.1) is 10.2 Å². The van der Waals surface area contributed by atoms with Crippen molar-refractivity contribution in [2.75, 3.05) is 0 Å². The number of hydrogen-bond donors (Lipinski definition) is 0. The first-order chi connectivity index (χ1) is 25.8. The smallest absolute Gasteiger partial charge is 0.168 e. The second kappa shape index (κ2) is 10.3. The molecule has 0 aliphatic heterocycles. The number of rotatable bonds is 3. The van der Waals surface area contributed by atoms with Crippen molar-refractivity contribution >= 4 is 81.4 Å². The van der Waals surface area contributed by atoms with Crippen molar-refractivity contribution in [3.8, 4) is 28.2 Å². The van der Waals surface area contributed by atoms with E-state index >= 15 is 0 Å². The molecule has 0 amide bonds. The molecular formula is C48H28N4. The minimum Gasteiger partial charge on any atom is -0.307 e. The van der Waals surface area contributed by atoms with Gasteiger partial charge in [0.05, 0.1) is 27.6 Å². The first kappa shape index (κ1) is 27.7. The lowest BCUT2D eigenvalue weighted by atomic mass is 10.0. The van der Waals surface area contributed by atoms with Gasteiger partial charge in [-0.05, 0) is 34.7 Å². The molecule has 0 N–H and O–H groups in total. The van der Waals surface area contributed by atoms with Crippen LogP contribution in [0, 0.1) is 0 Å². The van der Waals surface area contributed by atoms with Crippen molar-refractivity contribution in [1.29, 1.82) is 0 Å². The summed E-state index contributed by atoms with van der Waals surface area (Å²) in [5.41, 5.74) is 10.3. The Bertz CT molecular complexity index is 3390. The van der Waals surface area contributed by atoms with Crippen LogP contribution < -0.4 is 0 Å². The third-order valence-corrected chi connectivity index (χ3v) is 11.1. The van der Waals surface area contributed by atoms with E-state index in [1.807, 2.05) is 0 Å². The van der Waals surface area contributed by atoms with Crippen LogP contribution in [0.25, 0.3) is 110 Å². The minimum atomic E-state index is 0.832. The van der Waals surface area contributed by atoms with Crippen molar-refractivity contribution in [2.45, 2.75) is 0 Å². The highest BCUT2D eigenvalue weighted by Crippen LogP contribution is 2.48. The molecule has 4 heteroatoms. The van der Waals surface area contributed by atoms with E-state index in [2.05, 4.69) is 179 Å². The highest BCUT2D eigenvalue weighted by Gasteiger charge is 2.26. The molecule has 8 aromatic carbocycles. The van der Waals surface area contributed by atoms with Crippen LogP contribution in [0.1, 0.15) is 0 Å². The second-order valence-electron chi connectivity index (χ2n) is 13.8. The molecule has 0 fully saturated rings. The summed E-state index contributed by atoms with van der Waals surface area (Å²) in [6, 6.07) is 61.1. The van der Waals surface area contributed by atoms with Crippen molar-refractivity contribution in [3.63, 3.8) is 0 Å². The summed E-state index contributed by atoms with van der Waals surface area (Å²) in [6.45, 7) is 0. The lowest BCUT2D eigenvalue weighted by Crippen LogP contribution is -2.02. The molecule has 240 valence electrons. The predicted octanol–water partition coefficient (Wildman–Crippen LogP) is 12.4. The summed E-state index contributed by atoms with van der Waals surface area (Å²) < 4.78 is 4.88. The van der Waals surface area contributed by atoms with Gasteiger partial charge in [0.2, 0.25) is 0 Å². The average molecular weight is 661 g/mol. The van der Waals surface area contributed by atoms with E-state index in [0.717, 1.165) is 38.9 Å². The maximum absolute atomic E-state index is 5.13. The lowest BCUT2D eigenvalue weighted by molar-refractivity contribution is 0.978. The van der Waals surface area contributed by atoms with Gasteiger partial charge in [0.25, 0.3) is 0 Å². The van der Waals surface area contributed by atoms with Gasteiger partial charge < -0.3 is 4.40 Å². The van der Waals surface area contributed by atoms with Gasteiger partial charge in [-0.3, -0.25) is 4.57 Å². The van der Waals surface area contributed by atoms with Gasteiger partial charge in [-0.25, -0.2) is 0 Å². The zero-order chi connectivity index (χ0) is 33.9. The summed E-state index contributed by atoms with van der Waals surface area (Å²) in [5, 5.41) is 22.2. The second-order valence-corrected chi connectivity index (χ2v) is 13.8. The average Bonchev–Trinajstić information content (AvgIpc) is 3.85. The molecule has 12 rings (SSSR count). The molecule has 0 unspecified atom stereocenters. The molecule has 0 saturated carbocycles. The molecule has 0 saturated heterocycles. The molecule has 4 heterocycles. The first-order valence-corrected chi connectivity index (χ1v) is 17.8. The molecule has 4 aromatic heterocycles. The highest BCUT2D eigenvalue weighted by atomic mass is 15.2. The van der Waals surface area contributed by atoms with Gasteiger partial charge in [0.15, 0.2) is 5.82 Å². The molecule has 0 spiro atoms. The Morgan fingerprint density at radius 1 is 0.346 bits per heavy atom. The van der Waals surface area contributed by atoms with Gasteiger partial charge >= 0.3 is 0 Å². The standard InChI is InChI=1S/C48H28N4/c1-2-12-29(13-3-1)30-22-24-32(25-23-30)44-36-18-6-7-19-37(36)48(50-49-44)52-42-21-11-9-17-35(42)40-28-39-34-16-8-10-20-41(34)51-45-33-15-5-4-14-31(33)26-27-38(45)43(46(39)51)47(40)52/h1-28H. The fraction of sp³-hybridized carbons (Fsp3) is 0. The summed E-state index contributed by atoms with van der Waals surface area (Å²) in [7, 11) is 0. The van der Waals surface area contributed by atoms with E-state index < -0.39 is 0 Å². The van der Waals surface area contributed by atoms with Gasteiger partial charge in [-0.2, -0.15) is 0 Å². The monoisotopic (exact) mass is 660 g/mol. The van der Waals surface area contributed by atoms with E-state index in [-0.39, 0.29) is 0 Å². The SMILES string of the molecule is c1ccc(-c2ccc(-c3nnc(-n4c5ccccc5c5cc6c7ccccc7n7c8c9ccccc9ccc8c(c54)c67)c4ccccc34)cc2)cc1. The van der Waals surface area contributed by atoms with Crippen molar-refractivity contribution in [1.82, 2.24) is 19.2 Å². The number of para-hydroxylation sites is 2. The Morgan fingerprint density at radius 3 is 1.75 bits per heavy atom. The summed E-state index contributed by atoms with van der Waals surface area (Å²) >= 11 is 0. The minimum absolute atomic E-state index is 0.832. The Labute approximate surface area is 297 Å². The molecule has 0 bridgehead atoms. The van der Waals surface area contributed by atoms with E-state index in [4.69, 9.17) is 10.2 Å². The third kappa shape index (κ3) is 3.60. The fourth-order valence-electron chi connectivity index (χ4n) is 8.90. The van der Waals surface area contributed by atoms with E-state index in [1.165, 1.54) is 70.8 Å². The summed E-state index contributed by atoms with van der Waals surface area (Å²) in [6.07, 6.45) is 0. The maximum Gasteiger partial charge on any atom is 0.168 e. The Kier molecular flexibility index (Phi) is 5.47. The van der Waals surface area contributed by atoms with Gasteiger partial charge in [0, 0.05) is 54.0 Å². The first-order valence-electron chi connectivity index (χ1n) is 17.8. The Hall–Kier alpha value is -7.04. The lowest BCUT2D eigenvalue weighted by Gasteiger charge is -2.13. The van der Waals surface area contributed by atoms with Crippen LogP contribution in [-0.4, -0.2) is 19.2 Å². The quantitative estimate of drug-likeness (QED) is 0.189. The molecule has 52 heavy (non-hydrogen) atoms. The van der Waals surface area contributed by atoms with E-state index in [0.29, 0.717) is 0 Å². The van der Waals surface area contributed by atoms with Crippen molar-refractivity contribution in [3.05, 3.63) is 170 Å². The van der Waals surface area contributed by atoms with Crippen LogP contribution in [0.4, 0.5) is 0 Å². The molecule has 4 nitrogen and oxygen atoms in total. The van der Waals surface area contributed by atoms with Crippen LogP contribution in [0.3, 0.4) is 0 Å². The third-order valence-electron chi connectivity index (χ3n) is 11.1. The van der Waals surface area contributed by atoms with Crippen molar-refractivity contribution < 1.29 is 0 Å². The topological polar surface area (TPSA) is 35.1 Å². The molecule has 0 radical (unpaired) electrons. The number of nitrogens with zero attached hydrogens (tertiary/aromatic N) is 4. The van der Waals surface area contributed by atoms with Crippen LogP contribution in [0.2, 0.25) is 0 Å². The van der Waals surface area contributed by atoms with E-state index in [1.54, 1.807) is 0 Å². The van der Waals surface area contributed by atoms with Crippen LogP contribution >= 0.6 is 0 Å². The van der Waals surface area contributed by atoms with Gasteiger partial charge in [-0.1, -0.05) is 152 Å². The van der Waals surface area contributed by atoms with E-state index in [9.17, 15) is 0 Å². The van der Waals surface area contributed by atoms with Crippen LogP contribution in [-0.2, 0) is 0 Å². The number of benzene rings is 8. The van der Waals surface area contributed by atoms with Crippen LogP contribution in [0.15, 0.2) is 170 Å². The zero-order valence-electron chi connectivity index (χ0n) is 28.0. The maximum atomic E-state index is 5.13. The number of hydrogen-bond acceptors (Lipinski definition) is 2. The van der Waals surface area contributed by atoms with Gasteiger partial charge in [0.1, 0.15) is 5.69 Å². The summed E-state index contributed by atoms with van der Waals surface area (Å²) in [5.74, 6) is 0.832. The predicted molar refractivity (Wildman–Crippen MR) is 217 cm³/mol. The number of aromatic nitrogens is 4.